The van der Waals surface area contributed by atoms with Crippen molar-refractivity contribution in [1.82, 2.24) is 15.2 Å². The van der Waals surface area contributed by atoms with E-state index in [1.807, 2.05) is 0 Å². The maximum Gasteiger partial charge on any atom is 0.342 e. The molecular weight excluding hydrogens is 521 g/mol. The molecule has 8 nitrogen and oxygen atoms in total. The van der Waals surface area contributed by atoms with Crippen molar-refractivity contribution in [3.8, 4) is 28.6 Å². The average molecular weight is 542 g/mol. The molecule has 11 heteroatoms. The third-order valence-electron chi connectivity index (χ3n) is 5.07. The Kier molecular flexibility index (Phi) is 8.32. The van der Waals surface area contributed by atoms with Gasteiger partial charge in [-0.15, -0.1) is 5.10 Å². The van der Waals surface area contributed by atoms with Crippen molar-refractivity contribution in [2.24, 2.45) is 0 Å². The fourth-order valence-electron chi connectivity index (χ4n) is 3.25. The van der Waals surface area contributed by atoms with Gasteiger partial charge in [0.15, 0.2) is 5.82 Å². The lowest BCUT2D eigenvalue weighted by atomic mass is 10.2. The predicted molar refractivity (Wildman–Crippen MR) is 139 cm³/mol. The Bertz CT molecular complexity index is 1420. The van der Waals surface area contributed by atoms with Crippen LogP contribution >= 0.6 is 23.4 Å². The van der Waals surface area contributed by atoms with Crippen LogP contribution < -0.4 is 14.2 Å². The summed E-state index contributed by atoms with van der Waals surface area (Å²) in [6.07, 6.45) is 1.43. The van der Waals surface area contributed by atoms with Crippen LogP contribution in [0.2, 0.25) is 5.02 Å². The number of carboxylic acid groups (broad SMARTS) is 1. The van der Waals surface area contributed by atoms with Gasteiger partial charge in [-0.2, -0.15) is 0 Å². The molecule has 0 saturated carbocycles. The van der Waals surface area contributed by atoms with E-state index in [4.69, 9.17) is 25.8 Å². The number of hydrogen-bond donors (Lipinski definition) is 2. The van der Waals surface area contributed by atoms with Crippen LogP contribution in [0.25, 0.3) is 17.5 Å². The van der Waals surface area contributed by atoms with Crippen molar-refractivity contribution in [2.45, 2.75) is 11.8 Å². The van der Waals surface area contributed by atoms with E-state index >= 15 is 0 Å². The molecule has 0 aliphatic rings. The summed E-state index contributed by atoms with van der Waals surface area (Å²) in [5.41, 5.74) is 1.86. The van der Waals surface area contributed by atoms with Gasteiger partial charge in [-0.25, -0.2) is 14.2 Å². The summed E-state index contributed by atoms with van der Waals surface area (Å²) in [4.78, 5) is 16.4. The molecule has 1 aromatic heterocycles. The van der Waals surface area contributed by atoms with Gasteiger partial charge in [0, 0.05) is 22.2 Å². The third-order valence-corrected chi connectivity index (χ3v) is 6.18. The molecule has 4 rings (SSSR count). The number of rotatable bonds is 10. The normalized spacial score (nSPS) is 11.3. The zero-order chi connectivity index (χ0) is 26.4. The molecule has 0 aliphatic heterocycles. The van der Waals surface area contributed by atoms with E-state index in [9.17, 15) is 14.3 Å². The minimum Gasteiger partial charge on any atom is -0.497 e. The maximum absolute atomic E-state index is 13.2. The number of hydrogen-bond acceptors (Lipinski definition) is 7. The highest BCUT2D eigenvalue weighted by atomic mass is 35.5. The van der Waals surface area contributed by atoms with E-state index in [0.717, 1.165) is 17.3 Å². The number of aromatic amines is 1. The maximum atomic E-state index is 13.2. The highest BCUT2D eigenvalue weighted by Gasteiger charge is 2.17. The van der Waals surface area contributed by atoms with Gasteiger partial charge in [0.2, 0.25) is 5.16 Å². The summed E-state index contributed by atoms with van der Waals surface area (Å²) in [6.45, 7) is 0.159. The Morgan fingerprint density at radius 1 is 1.08 bits per heavy atom. The van der Waals surface area contributed by atoms with Gasteiger partial charge < -0.3 is 19.3 Å². The highest BCUT2D eigenvalue weighted by Crippen LogP contribution is 2.33. The third kappa shape index (κ3) is 6.81. The van der Waals surface area contributed by atoms with Gasteiger partial charge in [-0.3, -0.25) is 5.10 Å². The number of carboxylic acids is 1. The minimum absolute atomic E-state index is 0.0531. The van der Waals surface area contributed by atoms with Crippen LogP contribution in [0.3, 0.4) is 0 Å². The van der Waals surface area contributed by atoms with Crippen molar-refractivity contribution in [2.75, 3.05) is 14.2 Å². The first-order valence-corrected chi connectivity index (χ1v) is 12.0. The molecule has 0 aliphatic carbocycles. The van der Waals surface area contributed by atoms with Crippen molar-refractivity contribution >= 4 is 35.4 Å². The van der Waals surface area contributed by atoms with Crippen molar-refractivity contribution in [3.63, 3.8) is 0 Å². The van der Waals surface area contributed by atoms with Gasteiger partial charge in [-0.1, -0.05) is 23.7 Å². The molecule has 0 unspecified atom stereocenters. The number of halogens is 2. The van der Waals surface area contributed by atoms with Crippen LogP contribution in [0.5, 0.6) is 17.2 Å². The number of aromatic nitrogens is 3. The average Bonchev–Trinajstić information content (AvgIpc) is 3.37. The molecule has 0 fully saturated rings. The fraction of sp³-hybridized carbons (Fsp3) is 0.115. The zero-order valence-corrected chi connectivity index (χ0v) is 21.3. The number of benzene rings is 3. The number of nitrogens with one attached hydrogen (secondary N) is 1. The van der Waals surface area contributed by atoms with Crippen LogP contribution in [0, 0.1) is 5.82 Å². The Balaban J connectivity index is 1.58. The number of H-pyrrole nitrogens is 1. The summed E-state index contributed by atoms with van der Waals surface area (Å²) in [5, 5.41) is 17.4. The van der Waals surface area contributed by atoms with Crippen LogP contribution in [0.4, 0.5) is 4.39 Å². The van der Waals surface area contributed by atoms with Crippen LogP contribution in [0.1, 0.15) is 11.1 Å². The molecule has 0 amide bonds. The lowest BCUT2D eigenvalue weighted by Gasteiger charge is -2.11. The quantitative estimate of drug-likeness (QED) is 0.184. The Hall–Kier alpha value is -4.02. The molecule has 0 bridgehead atoms. The number of thioether (sulfide) groups is 1. The second-order valence-electron chi connectivity index (χ2n) is 7.58. The van der Waals surface area contributed by atoms with Gasteiger partial charge >= 0.3 is 5.97 Å². The number of aliphatic carboxylic acids is 1. The van der Waals surface area contributed by atoms with E-state index in [1.165, 1.54) is 32.4 Å². The molecule has 4 aromatic rings. The molecule has 0 saturated heterocycles. The van der Waals surface area contributed by atoms with Crippen LogP contribution in [-0.4, -0.2) is 40.5 Å². The molecule has 3 aromatic carbocycles. The highest BCUT2D eigenvalue weighted by molar-refractivity contribution is 8.04. The first-order chi connectivity index (χ1) is 17.8. The van der Waals surface area contributed by atoms with Crippen molar-refractivity contribution < 1.29 is 28.5 Å². The van der Waals surface area contributed by atoms with Gasteiger partial charge in [0.05, 0.1) is 14.2 Å². The SMILES string of the molecule is COc1cc(OC)cc(-c2nc(S/C(=C\c3cc(Cl)ccc3OCc3ccc(F)cc3)C(=O)O)n[nH]2)c1. The summed E-state index contributed by atoms with van der Waals surface area (Å²) in [7, 11) is 3.08. The van der Waals surface area contributed by atoms with Crippen LogP contribution in [-0.2, 0) is 11.4 Å². The lowest BCUT2D eigenvalue weighted by Crippen LogP contribution is -2.00. The van der Waals surface area contributed by atoms with E-state index in [-0.39, 0.29) is 22.5 Å². The smallest absolute Gasteiger partial charge is 0.342 e. The monoisotopic (exact) mass is 541 g/mol. The first kappa shape index (κ1) is 26.1. The zero-order valence-electron chi connectivity index (χ0n) is 19.7. The second kappa shape index (κ2) is 11.8. The van der Waals surface area contributed by atoms with Crippen molar-refractivity contribution in [1.29, 1.82) is 0 Å². The summed E-state index contributed by atoms with van der Waals surface area (Å²) in [6, 6.07) is 16.0. The molecule has 0 radical (unpaired) electrons. The Labute approximate surface area is 221 Å². The fourth-order valence-corrected chi connectivity index (χ4v) is 4.12. The summed E-state index contributed by atoms with van der Waals surface area (Å²) < 4.78 is 29.6. The second-order valence-corrected chi connectivity index (χ2v) is 9.03. The topological polar surface area (TPSA) is 107 Å². The number of ether oxygens (including phenoxy) is 3. The van der Waals surface area contributed by atoms with Gasteiger partial charge in [0.1, 0.15) is 34.6 Å². The number of carbonyl (C=O) groups is 1. The van der Waals surface area contributed by atoms with E-state index in [0.29, 0.717) is 39.2 Å². The summed E-state index contributed by atoms with van der Waals surface area (Å²) in [5.74, 6) is 0.439. The first-order valence-electron chi connectivity index (χ1n) is 10.8. The predicted octanol–water partition coefficient (Wildman–Crippen LogP) is 6.08. The molecule has 37 heavy (non-hydrogen) atoms. The largest absolute Gasteiger partial charge is 0.497 e. The van der Waals surface area contributed by atoms with E-state index in [2.05, 4.69) is 15.2 Å². The van der Waals surface area contributed by atoms with Gasteiger partial charge in [-0.05, 0) is 65.9 Å². The van der Waals surface area contributed by atoms with Gasteiger partial charge in [0.25, 0.3) is 0 Å². The Morgan fingerprint density at radius 2 is 1.78 bits per heavy atom. The number of nitrogens with zero attached hydrogens (tertiary/aromatic N) is 2. The molecule has 1 heterocycles. The minimum atomic E-state index is -1.18. The van der Waals surface area contributed by atoms with E-state index < -0.39 is 5.97 Å². The molecule has 0 atom stereocenters. The standard InChI is InChI=1S/C26H21ClFN3O5S/c1-34-20-10-17(11-21(13-20)35-2)24-29-26(31-30-24)37-23(25(32)33)12-16-9-18(27)5-8-22(16)36-14-15-3-6-19(28)7-4-15/h3-13H,14H2,1-2H3,(H,32,33)(H,29,30,31)/b23-12-. The van der Waals surface area contributed by atoms with E-state index in [1.54, 1.807) is 48.5 Å². The molecule has 190 valence electrons. The lowest BCUT2D eigenvalue weighted by molar-refractivity contribution is -0.131. The van der Waals surface area contributed by atoms with Crippen LogP contribution in [0.15, 0.2) is 70.7 Å². The molecule has 0 spiro atoms. The molecular formula is C26H21ClFN3O5S. The van der Waals surface area contributed by atoms with Crippen molar-refractivity contribution in [3.05, 3.63) is 87.5 Å². The Morgan fingerprint density at radius 3 is 2.43 bits per heavy atom. The number of methoxy groups -OCH3 is 2. The summed E-state index contributed by atoms with van der Waals surface area (Å²) >= 11 is 7.03. The molecule has 2 N–H and O–H groups in total.